The summed E-state index contributed by atoms with van der Waals surface area (Å²) in [7, 11) is 4.18. The fourth-order valence-electron chi connectivity index (χ4n) is 2.25. The maximum Gasteiger partial charge on any atom is 0.0514 e. The van der Waals surface area contributed by atoms with Gasteiger partial charge in [0.25, 0.3) is 0 Å². The van der Waals surface area contributed by atoms with E-state index in [9.17, 15) is 5.11 Å². The summed E-state index contributed by atoms with van der Waals surface area (Å²) >= 11 is 5.26. The Bertz CT molecular complexity index is 346. The van der Waals surface area contributed by atoms with E-state index in [1.807, 2.05) is 0 Å². The molecule has 1 N–H and O–H groups in total. The van der Waals surface area contributed by atoms with Crippen LogP contribution in [0.5, 0.6) is 0 Å². The van der Waals surface area contributed by atoms with E-state index in [1.54, 1.807) is 11.3 Å². The molecule has 1 saturated carbocycles. The molecule has 1 aromatic rings. The molecule has 1 aromatic heterocycles. The van der Waals surface area contributed by atoms with Crippen LogP contribution >= 0.6 is 27.3 Å². The van der Waals surface area contributed by atoms with Crippen molar-refractivity contribution >= 4 is 27.3 Å². The minimum atomic E-state index is 0.119. The first-order valence-corrected chi connectivity index (χ1v) is 6.77. The van der Waals surface area contributed by atoms with E-state index < -0.39 is 0 Å². The molecule has 1 fully saturated rings. The Balaban J connectivity index is 2.28. The van der Waals surface area contributed by atoms with Gasteiger partial charge in [0, 0.05) is 20.1 Å². The number of nitrogens with zero attached hydrogens (tertiary/aromatic N) is 1. The number of rotatable bonds is 4. The van der Waals surface area contributed by atoms with Gasteiger partial charge in [0.05, 0.1) is 12.6 Å². The van der Waals surface area contributed by atoms with Crippen molar-refractivity contribution in [2.75, 3.05) is 20.7 Å². The minimum Gasteiger partial charge on any atom is -0.396 e. The summed E-state index contributed by atoms with van der Waals surface area (Å²) in [5, 5.41) is 11.6. The van der Waals surface area contributed by atoms with Gasteiger partial charge in [-0.3, -0.25) is 0 Å². The normalized spacial score (nSPS) is 20.6. The summed E-state index contributed by atoms with van der Waals surface area (Å²) in [6.07, 6.45) is 2.28. The van der Waals surface area contributed by atoms with Crippen molar-refractivity contribution in [3.63, 3.8) is 0 Å². The smallest absolute Gasteiger partial charge is 0.0514 e. The average molecular weight is 290 g/mol. The maximum absolute atomic E-state index is 9.51. The Morgan fingerprint density at radius 3 is 2.60 bits per heavy atom. The SMILES string of the molecule is CN(C)C(c1cc(Br)cs1)C1(CO)CC1. The van der Waals surface area contributed by atoms with E-state index in [0.717, 1.165) is 17.3 Å². The number of hydrogen-bond acceptors (Lipinski definition) is 3. The lowest BCUT2D eigenvalue weighted by Crippen LogP contribution is -2.30. The first-order valence-electron chi connectivity index (χ1n) is 5.10. The molecule has 0 amide bonds. The molecule has 15 heavy (non-hydrogen) atoms. The van der Waals surface area contributed by atoms with Crippen molar-refractivity contribution in [2.45, 2.75) is 18.9 Å². The van der Waals surface area contributed by atoms with Crippen molar-refractivity contribution in [2.24, 2.45) is 5.41 Å². The topological polar surface area (TPSA) is 23.5 Å². The van der Waals surface area contributed by atoms with Gasteiger partial charge >= 0.3 is 0 Å². The van der Waals surface area contributed by atoms with Crippen LogP contribution in [0.15, 0.2) is 15.9 Å². The standard InChI is InChI=1S/C11H16BrNOS/c1-13(2)10(11(7-14)3-4-11)9-5-8(12)6-15-9/h5-6,10,14H,3-4,7H2,1-2H3. The third-order valence-electron chi connectivity index (χ3n) is 3.16. The summed E-state index contributed by atoms with van der Waals surface area (Å²) in [5.74, 6) is 0. The monoisotopic (exact) mass is 289 g/mol. The molecule has 0 bridgehead atoms. The van der Waals surface area contributed by atoms with E-state index in [0.29, 0.717) is 12.6 Å². The van der Waals surface area contributed by atoms with Crippen LogP contribution in [0, 0.1) is 5.41 Å². The molecule has 0 saturated heterocycles. The molecule has 0 spiro atoms. The van der Waals surface area contributed by atoms with Crippen molar-refractivity contribution in [1.82, 2.24) is 4.90 Å². The van der Waals surface area contributed by atoms with E-state index >= 15 is 0 Å². The van der Waals surface area contributed by atoms with E-state index in [1.165, 1.54) is 4.88 Å². The molecule has 1 heterocycles. The quantitative estimate of drug-likeness (QED) is 0.921. The minimum absolute atomic E-state index is 0.119. The fraction of sp³-hybridized carbons (Fsp3) is 0.636. The number of halogens is 1. The molecule has 84 valence electrons. The van der Waals surface area contributed by atoms with Crippen LogP contribution in [0.2, 0.25) is 0 Å². The molecule has 1 aliphatic rings. The highest BCUT2D eigenvalue weighted by atomic mass is 79.9. The number of aliphatic hydroxyl groups is 1. The molecule has 0 aliphatic heterocycles. The maximum atomic E-state index is 9.51. The van der Waals surface area contributed by atoms with Gasteiger partial charge in [-0.1, -0.05) is 0 Å². The fourth-order valence-corrected chi connectivity index (χ4v) is 4.03. The zero-order valence-corrected chi connectivity index (χ0v) is 11.4. The highest BCUT2D eigenvalue weighted by Crippen LogP contribution is 2.57. The Hall–Kier alpha value is 0.1000. The van der Waals surface area contributed by atoms with Gasteiger partial charge in [0.2, 0.25) is 0 Å². The third-order valence-corrected chi connectivity index (χ3v) is 4.91. The molecule has 2 nitrogen and oxygen atoms in total. The summed E-state index contributed by atoms with van der Waals surface area (Å²) in [4.78, 5) is 3.57. The van der Waals surface area contributed by atoms with E-state index in [4.69, 9.17) is 0 Å². The Morgan fingerprint density at radius 1 is 1.60 bits per heavy atom. The van der Waals surface area contributed by atoms with Crippen LogP contribution in [0.25, 0.3) is 0 Å². The van der Waals surface area contributed by atoms with Crippen LogP contribution in [-0.2, 0) is 0 Å². The molecule has 1 aliphatic carbocycles. The number of thiophene rings is 1. The van der Waals surface area contributed by atoms with Gasteiger partial charge in [-0.05, 0) is 48.9 Å². The summed E-state index contributed by atoms with van der Waals surface area (Å²) in [6.45, 7) is 0.297. The molecule has 4 heteroatoms. The molecule has 1 unspecified atom stereocenters. The first-order chi connectivity index (χ1) is 7.09. The third kappa shape index (κ3) is 2.13. The summed E-state index contributed by atoms with van der Waals surface area (Å²) in [6, 6.07) is 2.53. The van der Waals surface area contributed by atoms with Gasteiger partial charge in [-0.15, -0.1) is 11.3 Å². The molecule has 0 aromatic carbocycles. The van der Waals surface area contributed by atoms with Gasteiger partial charge in [0.1, 0.15) is 0 Å². The van der Waals surface area contributed by atoms with Crippen LogP contribution < -0.4 is 0 Å². The first kappa shape index (κ1) is 11.6. The van der Waals surface area contributed by atoms with Crippen LogP contribution in [0.3, 0.4) is 0 Å². The largest absolute Gasteiger partial charge is 0.396 e. The van der Waals surface area contributed by atoms with E-state index in [2.05, 4.69) is 46.4 Å². The Labute approximate surface area is 103 Å². The second kappa shape index (κ2) is 4.17. The second-order valence-corrected chi connectivity index (χ2v) is 6.41. The van der Waals surface area contributed by atoms with Crippen molar-refractivity contribution < 1.29 is 5.11 Å². The Kier molecular flexibility index (Phi) is 3.22. The average Bonchev–Trinajstić information content (AvgIpc) is 2.84. The van der Waals surface area contributed by atoms with Gasteiger partial charge in [0.15, 0.2) is 0 Å². The lowest BCUT2D eigenvalue weighted by Gasteiger charge is -2.30. The van der Waals surface area contributed by atoms with Crippen molar-refractivity contribution in [3.05, 3.63) is 20.8 Å². The van der Waals surface area contributed by atoms with Crippen LogP contribution in [0.4, 0.5) is 0 Å². The Morgan fingerprint density at radius 2 is 2.27 bits per heavy atom. The molecule has 2 rings (SSSR count). The van der Waals surface area contributed by atoms with Gasteiger partial charge in [-0.25, -0.2) is 0 Å². The summed E-state index contributed by atoms with van der Waals surface area (Å²) in [5.41, 5.74) is 0.119. The number of hydrogen-bond donors (Lipinski definition) is 1. The number of aliphatic hydroxyl groups excluding tert-OH is 1. The van der Waals surface area contributed by atoms with Gasteiger partial charge < -0.3 is 10.0 Å². The van der Waals surface area contributed by atoms with Crippen LogP contribution in [-0.4, -0.2) is 30.7 Å². The highest BCUT2D eigenvalue weighted by molar-refractivity contribution is 9.10. The zero-order chi connectivity index (χ0) is 11.1. The zero-order valence-electron chi connectivity index (χ0n) is 9.03. The lowest BCUT2D eigenvalue weighted by molar-refractivity contribution is 0.118. The van der Waals surface area contributed by atoms with Gasteiger partial charge in [-0.2, -0.15) is 0 Å². The van der Waals surface area contributed by atoms with Crippen molar-refractivity contribution in [1.29, 1.82) is 0 Å². The molecular formula is C11H16BrNOS. The predicted molar refractivity (Wildman–Crippen MR) is 67.2 cm³/mol. The molecular weight excluding hydrogens is 274 g/mol. The van der Waals surface area contributed by atoms with Crippen molar-refractivity contribution in [3.8, 4) is 0 Å². The second-order valence-electron chi connectivity index (χ2n) is 4.55. The van der Waals surface area contributed by atoms with Crippen LogP contribution in [0.1, 0.15) is 23.8 Å². The molecule has 0 radical (unpaired) electrons. The highest BCUT2D eigenvalue weighted by Gasteiger charge is 2.50. The lowest BCUT2D eigenvalue weighted by atomic mass is 9.95. The summed E-state index contributed by atoms with van der Waals surface area (Å²) < 4.78 is 1.14. The predicted octanol–water partition coefficient (Wildman–Crippen LogP) is 2.89. The van der Waals surface area contributed by atoms with E-state index in [-0.39, 0.29) is 5.41 Å². The molecule has 1 atom stereocenters.